The van der Waals surface area contributed by atoms with Crippen LogP contribution >= 0.6 is 24.8 Å². The van der Waals surface area contributed by atoms with Crippen molar-refractivity contribution in [3.63, 3.8) is 0 Å². The Bertz CT molecular complexity index is 222. The van der Waals surface area contributed by atoms with Gasteiger partial charge in [0.2, 0.25) is 0 Å². The van der Waals surface area contributed by atoms with Gasteiger partial charge in [0, 0.05) is 0 Å². The van der Waals surface area contributed by atoms with E-state index in [-0.39, 0.29) is 17.2 Å². The van der Waals surface area contributed by atoms with Crippen LogP contribution in [0.5, 0.6) is 0 Å². The minimum atomic E-state index is -0.959. The largest absolute Gasteiger partial charge is 0.480 e. The lowest BCUT2D eigenvalue weighted by atomic mass is 10.2. The Hall–Kier alpha value is -0.660. The highest BCUT2D eigenvalue weighted by molar-refractivity contribution is 7.80. The van der Waals surface area contributed by atoms with Crippen LogP contribution < -0.4 is 11.5 Å². The Morgan fingerprint density at radius 3 is 2.07 bits per heavy atom. The molecule has 0 saturated carbocycles. The van der Waals surface area contributed by atoms with Crippen LogP contribution in [0, 0.1) is 0 Å². The second-order valence-electron chi connectivity index (χ2n) is 2.80. The predicted octanol–water partition coefficient (Wildman–Crippen LogP) is -0.0302. The van der Waals surface area contributed by atoms with Gasteiger partial charge in [-0.3, -0.25) is 9.59 Å². The molecule has 15 heavy (non-hydrogen) atoms. The van der Waals surface area contributed by atoms with Crippen molar-refractivity contribution in [1.82, 2.24) is 0 Å². The van der Waals surface area contributed by atoms with Crippen LogP contribution in [0.4, 0.5) is 0 Å². The minimum Gasteiger partial charge on any atom is -0.480 e. The maximum Gasteiger partial charge on any atom is 0.320 e. The first-order valence-electron chi connectivity index (χ1n) is 4.18. The summed E-state index contributed by atoms with van der Waals surface area (Å²) in [6.07, 6.45) is 0.660. The van der Waals surface area contributed by atoms with E-state index in [1.54, 1.807) is 0 Å². The average Bonchev–Trinajstić information content (AvgIpc) is 2.02. The molecule has 0 aliphatic rings. The number of aliphatic carboxylic acids is 1. The summed E-state index contributed by atoms with van der Waals surface area (Å²) in [5.41, 5.74) is 10.1. The number of carboxylic acid groups (broad SMARTS) is 1. The number of thiocarbonyl (C=S) groups is 1. The van der Waals surface area contributed by atoms with Gasteiger partial charge >= 0.3 is 5.97 Å². The highest BCUT2D eigenvalue weighted by Gasteiger charge is 2.08. The van der Waals surface area contributed by atoms with Crippen LogP contribution in [0.2, 0.25) is 0 Å². The second kappa shape index (κ2) is 9.88. The molecule has 7 heteroatoms. The number of Topliss-reactive ketones (excluding diaryl/α,β-unsaturated/α-hetero) is 1. The molecule has 0 aromatic carbocycles. The zero-order chi connectivity index (χ0) is 12.4. The van der Waals surface area contributed by atoms with E-state index in [1.165, 1.54) is 6.92 Å². The molecular weight excluding hydrogens is 236 g/mol. The van der Waals surface area contributed by atoms with Crippen molar-refractivity contribution in [3.8, 4) is 0 Å². The molecule has 0 saturated heterocycles. The third-order valence-corrected chi connectivity index (χ3v) is 1.58. The third-order valence-electron chi connectivity index (χ3n) is 1.18. The number of carbonyl (C=O) groups is 2. The molecule has 5 nitrogen and oxygen atoms in total. The van der Waals surface area contributed by atoms with Crippen LogP contribution in [0.1, 0.15) is 19.8 Å². The summed E-state index contributed by atoms with van der Waals surface area (Å²) >= 11 is 8.24. The van der Waals surface area contributed by atoms with Crippen LogP contribution in [0.3, 0.4) is 0 Å². The zero-order valence-corrected chi connectivity index (χ0v) is 10.2. The van der Waals surface area contributed by atoms with E-state index < -0.39 is 12.0 Å². The maximum atomic E-state index is 10.1. The van der Waals surface area contributed by atoms with E-state index in [0.29, 0.717) is 12.2 Å². The van der Waals surface area contributed by atoms with Gasteiger partial charge in [0.25, 0.3) is 0 Å². The summed E-state index contributed by atoms with van der Waals surface area (Å²) in [6.45, 7) is 1.46. The molecular formula is C8H16N2O3S2. The van der Waals surface area contributed by atoms with Crippen LogP contribution in [-0.2, 0) is 9.59 Å². The summed E-state index contributed by atoms with van der Waals surface area (Å²) in [6, 6.07) is -0.743. The quantitative estimate of drug-likeness (QED) is 0.404. The molecule has 0 aromatic rings. The second-order valence-corrected chi connectivity index (χ2v) is 3.77. The number of nitrogens with two attached hydrogens (primary N) is 2. The monoisotopic (exact) mass is 252 g/mol. The number of carboxylic acids is 1. The summed E-state index contributed by atoms with van der Waals surface area (Å²) in [5, 5.41) is 8.15. The molecule has 0 aliphatic heterocycles. The fourth-order valence-corrected chi connectivity index (χ4v) is 0.989. The Morgan fingerprint density at radius 1 is 1.53 bits per heavy atom. The third kappa shape index (κ3) is 16.0. The molecule has 0 rings (SSSR count). The number of hydrogen-bond acceptors (Lipinski definition) is 5. The molecule has 0 aliphatic carbocycles. The number of rotatable bonds is 5. The summed E-state index contributed by atoms with van der Waals surface area (Å²) in [5.74, 6) is -0.417. The molecule has 88 valence electrons. The van der Waals surface area contributed by atoms with Gasteiger partial charge in [-0.2, -0.15) is 12.6 Å². The van der Waals surface area contributed by atoms with Gasteiger partial charge in [-0.1, -0.05) is 12.2 Å². The Morgan fingerprint density at radius 2 is 2.00 bits per heavy atom. The van der Waals surface area contributed by atoms with Crippen LogP contribution in [-0.4, -0.2) is 33.6 Å². The average molecular weight is 252 g/mol. The van der Waals surface area contributed by atoms with E-state index in [9.17, 15) is 9.59 Å². The van der Waals surface area contributed by atoms with Crippen molar-refractivity contribution >= 4 is 41.6 Å². The highest BCUT2D eigenvalue weighted by atomic mass is 32.1. The van der Waals surface area contributed by atoms with Crippen LogP contribution in [0.25, 0.3) is 0 Å². The first kappa shape index (κ1) is 16.8. The lowest BCUT2D eigenvalue weighted by Crippen LogP contribution is -2.30. The van der Waals surface area contributed by atoms with Crippen molar-refractivity contribution in [2.75, 3.05) is 5.75 Å². The summed E-state index contributed by atoms with van der Waals surface area (Å²) in [7, 11) is 0. The number of thiol groups is 1. The Labute approximate surface area is 99.6 Å². The molecule has 0 fully saturated rings. The minimum absolute atomic E-state index is 0.0208. The van der Waals surface area contributed by atoms with Gasteiger partial charge in [0.15, 0.2) is 0 Å². The standard InChI is InChI=1S/C4H9NO2S.C4H7NOS/c5-3(1-2-8)4(6)7;1-3(6)2-4(5)7/h3,8H,1-2,5H2,(H,6,7);2H2,1H3,(H2,5,7)/t3-;/m0./s1. The molecule has 0 spiro atoms. The Kier molecular flexibility index (Phi) is 11.0. The van der Waals surface area contributed by atoms with Gasteiger partial charge in [-0.25, -0.2) is 0 Å². The van der Waals surface area contributed by atoms with Gasteiger partial charge in [-0.05, 0) is 19.1 Å². The molecule has 0 amide bonds. The molecule has 0 aromatic heterocycles. The Balaban J connectivity index is 0. The van der Waals surface area contributed by atoms with E-state index in [2.05, 4.69) is 24.8 Å². The SMILES string of the molecule is CC(=O)CC(N)=S.N[C@@H](CCS)C(=O)O. The van der Waals surface area contributed by atoms with Gasteiger partial charge in [0.1, 0.15) is 11.8 Å². The van der Waals surface area contributed by atoms with Crippen molar-refractivity contribution in [2.24, 2.45) is 11.5 Å². The number of hydrogen-bond donors (Lipinski definition) is 4. The fourth-order valence-electron chi connectivity index (χ4n) is 0.508. The normalized spacial score (nSPS) is 10.9. The van der Waals surface area contributed by atoms with E-state index >= 15 is 0 Å². The van der Waals surface area contributed by atoms with Crippen molar-refractivity contribution < 1.29 is 14.7 Å². The van der Waals surface area contributed by atoms with Gasteiger partial charge < -0.3 is 16.6 Å². The maximum absolute atomic E-state index is 10.1. The summed E-state index contributed by atoms with van der Waals surface area (Å²) < 4.78 is 0. The van der Waals surface area contributed by atoms with E-state index in [0.717, 1.165) is 0 Å². The molecule has 0 unspecified atom stereocenters. The van der Waals surface area contributed by atoms with Gasteiger partial charge in [0.05, 0.1) is 11.4 Å². The molecule has 0 bridgehead atoms. The van der Waals surface area contributed by atoms with Crippen LogP contribution in [0.15, 0.2) is 0 Å². The van der Waals surface area contributed by atoms with Crippen molar-refractivity contribution in [3.05, 3.63) is 0 Å². The molecule has 5 N–H and O–H groups in total. The lowest BCUT2D eigenvalue weighted by Gasteiger charge is -2.00. The zero-order valence-electron chi connectivity index (χ0n) is 8.47. The van der Waals surface area contributed by atoms with E-state index in [1.807, 2.05) is 0 Å². The molecule has 0 heterocycles. The van der Waals surface area contributed by atoms with Crippen molar-refractivity contribution in [2.45, 2.75) is 25.8 Å². The smallest absolute Gasteiger partial charge is 0.320 e. The number of ketones is 1. The fraction of sp³-hybridized carbons (Fsp3) is 0.625. The topological polar surface area (TPSA) is 106 Å². The predicted molar refractivity (Wildman–Crippen MR) is 66.2 cm³/mol. The summed E-state index contributed by atoms with van der Waals surface area (Å²) in [4.78, 5) is 20.3. The van der Waals surface area contributed by atoms with Crippen molar-refractivity contribution in [1.29, 1.82) is 0 Å². The first-order chi connectivity index (χ1) is 6.81. The molecule has 0 radical (unpaired) electrons. The number of carbonyl (C=O) groups excluding carboxylic acids is 1. The van der Waals surface area contributed by atoms with E-state index in [4.69, 9.17) is 16.6 Å². The molecule has 1 atom stereocenters. The van der Waals surface area contributed by atoms with Gasteiger partial charge in [-0.15, -0.1) is 0 Å². The lowest BCUT2D eigenvalue weighted by molar-refractivity contribution is -0.138. The highest BCUT2D eigenvalue weighted by Crippen LogP contribution is 1.88. The first-order valence-corrected chi connectivity index (χ1v) is 5.22.